The third-order valence-corrected chi connectivity index (χ3v) is 4.50. The maximum absolute atomic E-state index is 10.4. The Balaban J connectivity index is 1.80. The van der Waals surface area contributed by atoms with Crippen molar-refractivity contribution < 1.29 is 20.1 Å². The second kappa shape index (κ2) is 7.05. The molecule has 1 fully saturated rings. The molecule has 1 aliphatic heterocycles. The summed E-state index contributed by atoms with van der Waals surface area (Å²) in [5, 5.41) is 33.0. The highest BCUT2D eigenvalue weighted by Gasteiger charge is 2.44. The minimum Gasteiger partial charge on any atom is -0.394 e. The summed E-state index contributed by atoms with van der Waals surface area (Å²) in [5.74, 6) is 0.885. The molecule has 0 saturated carbocycles. The van der Waals surface area contributed by atoms with Crippen LogP contribution in [0.25, 0.3) is 17.2 Å². The van der Waals surface area contributed by atoms with Crippen LogP contribution in [0.15, 0.2) is 43.2 Å². The molecule has 4 rings (SSSR count). The molecule has 1 aliphatic rings. The zero-order valence-electron chi connectivity index (χ0n) is 14.3. The number of rotatable bonds is 5. The van der Waals surface area contributed by atoms with Gasteiger partial charge in [0.1, 0.15) is 30.5 Å². The minimum atomic E-state index is -1.25. The van der Waals surface area contributed by atoms with Gasteiger partial charge >= 0.3 is 0 Å². The average molecular weight is 369 g/mol. The first kappa shape index (κ1) is 17.6. The first-order chi connectivity index (χ1) is 13.1. The smallest absolute Gasteiger partial charge is 0.168 e. The zero-order valence-corrected chi connectivity index (χ0v) is 14.3. The monoisotopic (exact) mass is 369 g/mol. The SMILES string of the molecule is C=Cc1nc2c(Nc3ccccc3)ncnc2n1[C@@H]1O[C@H](CO)[C@@H](O)[C@H]1O. The van der Waals surface area contributed by atoms with E-state index in [2.05, 4.69) is 26.8 Å². The molecule has 9 nitrogen and oxygen atoms in total. The molecule has 4 atom stereocenters. The van der Waals surface area contributed by atoms with Crippen molar-refractivity contribution in [2.45, 2.75) is 24.5 Å². The Kier molecular flexibility index (Phi) is 4.58. The van der Waals surface area contributed by atoms with Gasteiger partial charge in [-0.2, -0.15) is 0 Å². The van der Waals surface area contributed by atoms with Crippen LogP contribution in [0.1, 0.15) is 12.1 Å². The highest BCUT2D eigenvalue weighted by Crippen LogP contribution is 2.34. The molecule has 3 heterocycles. The lowest BCUT2D eigenvalue weighted by atomic mass is 10.1. The first-order valence-electron chi connectivity index (χ1n) is 8.44. The van der Waals surface area contributed by atoms with Gasteiger partial charge in [0.15, 0.2) is 23.2 Å². The van der Waals surface area contributed by atoms with Crippen molar-refractivity contribution in [2.75, 3.05) is 11.9 Å². The fraction of sp³-hybridized carbons (Fsp3) is 0.278. The van der Waals surface area contributed by atoms with Gasteiger partial charge in [-0.1, -0.05) is 24.8 Å². The fourth-order valence-electron chi connectivity index (χ4n) is 3.16. The summed E-state index contributed by atoms with van der Waals surface area (Å²) in [7, 11) is 0. The number of para-hydroxylation sites is 1. The van der Waals surface area contributed by atoms with E-state index in [0.717, 1.165) is 5.69 Å². The molecule has 27 heavy (non-hydrogen) atoms. The molecule has 0 spiro atoms. The highest BCUT2D eigenvalue weighted by molar-refractivity contribution is 5.86. The number of aromatic nitrogens is 4. The molecule has 0 bridgehead atoms. The van der Waals surface area contributed by atoms with Crippen molar-refractivity contribution in [3.63, 3.8) is 0 Å². The van der Waals surface area contributed by atoms with Gasteiger partial charge in [0.05, 0.1) is 6.61 Å². The van der Waals surface area contributed by atoms with Gasteiger partial charge in [-0.15, -0.1) is 0 Å². The number of anilines is 2. The predicted octanol–water partition coefficient (Wildman–Crippen LogP) is 0.824. The van der Waals surface area contributed by atoms with Crippen LogP contribution in [0.3, 0.4) is 0 Å². The highest BCUT2D eigenvalue weighted by atomic mass is 16.6. The van der Waals surface area contributed by atoms with E-state index in [1.54, 1.807) is 4.57 Å². The van der Waals surface area contributed by atoms with E-state index in [0.29, 0.717) is 22.8 Å². The summed E-state index contributed by atoms with van der Waals surface area (Å²) in [4.78, 5) is 13.0. The minimum absolute atomic E-state index is 0.399. The van der Waals surface area contributed by atoms with E-state index < -0.39 is 31.1 Å². The summed E-state index contributed by atoms with van der Waals surface area (Å²) < 4.78 is 7.18. The lowest BCUT2D eigenvalue weighted by Crippen LogP contribution is -2.33. The lowest BCUT2D eigenvalue weighted by molar-refractivity contribution is -0.0513. The van der Waals surface area contributed by atoms with Crippen molar-refractivity contribution in [2.24, 2.45) is 0 Å². The quantitative estimate of drug-likeness (QED) is 0.521. The number of ether oxygens (including phenoxy) is 1. The van der Waals surface area contributed by atoms with Gasteiger partial charge in [-0.25, -0.2) is 15.0 Å². The van der Waals surface area contributed by atoms with E-state index in [1.807, 2.05) is 30.3 Å². The molecule has 3 aromatic rings. The molecular weight excluding hydrogens is 350 g/mol. The van der Waals surface area contributed by atoms with E-state index in [-0.39, 0.29) is 0 Å². The third kappa shape index (κ3) is 2.96. The Morgan fingerprint density at radius 1 is 1.19 bits per heavy atom. The maximum Gasteiger partial charge on any atom is 0.168 e. The molecule has 0 radical (unpaired) electrons. The van der Waals surface area contributed by atoms with Crippen LogP contribution in [0.4, 0.5) is 11.5 Å². The van der Waals surface area contributed by atoms with E-state index in [9.17, 15) is 15.3 Å². The van der Waals surface area contributed by atoms with E-state index in [4.69, 9.17) is 4.74 Å². The summed E-state index contributed by atoms with van der Waals surface area (Å²) in [6.45, 7) is 3.34. The van der Waals surface area contributed by atoms with Gasteiger partial charge in [-0.05, 0) is 18.2 Å². The number of imidazole rings is 1. The first-order valence-corrected chi connectivity index (χ1v) is 8.44. The molecule has 140 valence electrons. The molecule has 0 aliphatic carbocycles. The lowest BCUT2D eigenvalue weighted by Gasteiger charge is -2.18. The van der Waals surface area contributed by atoms with Crippen LogP contribution in [0.2, 0.25) is 0 Å². The Bertz CT molecular complexity index is 961. The Hall–Kier alpha value is -2.85. The normalized spacial score (nSPS) is 25.0. The Morgan fingerprint density at radius 3 is 2.63 bits per heavy atom. The van der Waals surface area contributed by atoms with Crippen molar-refractivity contribution >= 4 is 28.7 Å². The number of nitrogens with zero attached hydrogens (tertiary/aromatic N) is 4. The molecule has 2 aromatic heterocycles. The van der Waals surface area contributed by atoms with Crippen molar-refractivity contribution in [1.82, 2.24) is 19.5 Å². The molecule has 9 heteroatoms. The summed E-state index contributed by atoms with van der Waals surface area (Å²) >= 11 is 0. The number of aliphatic hydroxyl groups excluding tert-OH is 3. The third-order valence-electron chi connectivity index (χ3n) is 4.50. The van der Waals surface area contributed by atoms with Crippen molar-refractivity contribution in [1.29, 1.82) is 0 Å². The fourth-order valence-corrected chi connectivity index (χ4v) is 3.16. The van der Waals surface area contributed by atoms with Crippen LogP contribution in [-0.4, -0.2) is 59.8 Å². The number of hydrogen-bond donors (Lipinski definition) is 4. The Morgan fingerprint density at radius 2 is 1.96 bits per heavy atom. The van der Waals surface area contributed by atoms with Gasteiger partial charge in [0.25, 0.3) is 0 Å². The van der Waals surface area contributed by atoms with Crippen molar-refractivity contribution in [3.8, 4) is 0 Å². The van der Waals surface area contributed by atoms with Crippen LogP contribution in [0, 0.1) is 0 Å². The molecule has 0 amide bonds. The molecule has 1 saturated heterocycles. The number of fused-ring (bicyclic) bond motifs is 1. The number of aliphatic hydroxyl groups is 3. The second-order valence-corrected chi connectivity index (χ2v) is 6.16. The predicted molar refractivity (Wildman–Crippen MR) is 98.1 cm³/mol. The van der Waals surface area contributed by atoms with Crippen molar-refractivity contribution in [3.05, 3.63) is 49.1 Å². The summed E-state index contributed by atoms with van der Waals surface area (Å²) in [6.07, 6.45) is -1.46. The van der Waals surface area contributed by atoms with Crippen LogP contribution in [-0.2, 0) is 4.74 Å². The summed E-state index contributed by atoms with van der Waals surface area (Å²) in [6, 6.07) is 9.49. The standard InChI is InChI=1S/C18H19N5O4/c1-2-12-22-13-16(21-10-6-4-3-5-7-10)19-9-20-17(13)23(12)18-15(26)14(25)11(8-24)27-18/h2-7,9,11,14-15,18,24-26H,1,8H2,(H,19,20,21)/t11-,14-,15-,18-/m1/s1. The largest absolute Gasteiger partial charge is 0.394 e. The van der Waals surface area contributed by atoms with Gasteiger partial charge in [-0.3, -0.25) is 4.57 Å². The van der Waals surface area contributed by atoms with Gasteiger partial charge in [0, 0.05) is 5.69 Å². The number of benzene rings is 1. The maximum atomic E-state index is 10.4. The summed E-state index contributed by atoms with van der Waals surface area (Å²) in [5.41, 5.74) is 1.71. The molecule has 1 aromatic carbocycles. The van der Waals surface area contributed by atoms with Gasteiger partial charge in [0.2, 0.25) is 0 Å². The number of hydrogen-bond acceptors (Lipinski definition) is 8. The topological polar surface area (TPSA) is 126 Å². The molecule has 4 N–H and O–H groups in total. The van der Waals surface area contributed by atoms with Crippen LogP contribution < -0.4 is 5.32 Å². The molecule has 0 unspecified atom stereocenters. The zero-order chi connectivity index (χ0) is 19.0. The van der Waals surface area contributed by atoms with Gasteiger partial charge < -0.3 is 25.4 Å². The average Bonchev–Trinajstić information content (AvgIpc) is 3.21. The Labute approximate surface area is 154 Å². The second-order valence-electron chi connectivity index (χ2n) is 6.16. The van der Waals surface area contributed by atoms with E-state index in [1.165, 1.54) is 12.4 Å². The van der Waals surface area contributed by atoms with E-state index >= 15 is 0 Å². The van der Waals surface area contributed by atoms with Crippen LogP contribution in [0.5, 0.6) is 0 Å². The number of nitrogens with one attached hydrogen (secondary N) is 1. The van der Waals surface area contributed by atoms with Crippen LogP contribution >= 0.6 is 0 Å². The molecular formula is C18H19N5O4.